The topological polar surface area (TPSA) is 119 Å². The predicted octanol–water partition coefficient (Wildman–Crippen LogP) is 0.143. The second-order valence-corrected chi connectivity index (χ2v) is 5.58. The molecule has 98 valence electrons. The van der Waals surface area contributed by atoms with E-state index >= 15 is 0 Å². The molecule has 0 amide bonds. The maximum atomic E-state index is 12.0. The molecule has 2 rings (SSSR count). The van der Waals surface area contributed by atoms with Gasteiger partial charge in [-0.2, -0.15) is 13.5 Å². The van der Waals surface area contributed by atoms with Crippen molar-refractivity contribution in [1.82, 2.24) is 19.7 Å². The van der Waals surface area contributed by atoms with Crippen LogP contribution in [-0.4, -0.2) is 28.2 Å². The Morgan fingerprint density at radius 1 is 1.44 bits per heavy atom. The molecule has 0 saturated carbocycles. The van der Waals surface area contributed by atoms with Crippen molar-refractivity contribution in [2.75, 3.05) is 10.5 Å². The number of imidazole rings is 1. The number of aryl methyl sites for hydroxylation is 3. The minimum absolute atomic E-state index is 0.0671. The molecule has 18 heavy (non-hydrogen) atoms. The summed E-state index contributed by atoms with van der Waals surface area (Å²) in [5.74, 6) is 0.678. The summed E-state index contributed by atoms with van der Waals surface area (Å²) < 4.78 is 28.0. The molecular weight excluding hydrogens is 256 g/mol. The van der Waals surface area contributed by atoms with Crippen LogP contribution >= 0.6 is 0 Å². The Morgan fingerprint density at radius 2 is 2.11 bits per heavy atom. The van der Waals surface area contributed by atoms with Crippen LogP contribution in [0.2, 0.25) is 0 Å². The van der Waals surface area contributed by atoms with Crippen LogP contribution in [-0.2, 0) is 17.1 Å². The van der Waals surface area contributed by atoms with Gasteiger partial charge in [-0.05, 0) is 13.8 Å². The minimum Gasteiger partial charge on any atom is -0.394 e. The molecule has 2 aromatic heterocycles. The van der Waals surface area contributed by atoms with Gasteiger partial charge < -0.3 is 10.3 Å². The third-order valence-electron chi connectivity index (χ3n) is 2.59. The van der Waals surface area contributed by atoms with Crippen LogP contribution < -0.4 is 10.5 Å². The lowest BCUT2D eigenvalue weighted by atomic mass is 10.4. The molecule has 0 aromatic carbocycles. The van der Waals surface area contributed by atoms with Gasteiger partial charge >= 0.3 is 0 Å². The molecule has 0 saturated heterocycles. The van der Waals surface area contributed by atoms with Crippen molar-refractivity contribution in [3.8, 4) is 0 Å². The number of aromatic nitrogens is 4. The lowest BCUT2D eigenvalue weighted by Crippen LogP contribution is -2.14. The fraction of sp³-hybridized carbons (Fsp3) is 0.333. The maximum absolute atomic E-state index is 12.0. The average molecular weight is 270 g/mol. The third-order valence-corrected chi connectivity index (χ3v) is 3.80. The van der Waals surface area contributed by atoms with Crippen LogP contribution in [0.25, 0.3) is 0 Å². The molecule has 0 bridgehead atoms. The summed E-state index contributed by atoms with van der Waals surface area (Å²) in [4.78, 5) is 3.95. The fourth-order valence-corrected chi connectivity index (χ4v) is 2.41. The van der Waals surface area contributed by atoms with Crippen LogP contribution in [0.5, 0.6) is 0 Å². The zero-order valence-electron chi connectivity index (χ0n) is 10.2. The SMILES string of the molecule is Cc1[nH]nc(NS(=O)(=O)c2cn(C)c(C)n2)c1N. The van der Waals surface area contributed by atoms with E-state index < -0.39 is 10.0 Å². The Bertz CT molecular complexity index is 664. The molecule has 0 radical (unpaired) electrons. The van der Waals surface area contributed by atoms with Crippen LogP contribution in [0.4, 0.5) is 11.5 Å². The first-order chi connectivity index (χ1) is 8.31. The van der Waals surface area contributed by atoms with Crippen molar-refractivity contribution in [2.24, 2.45) is 7.05 Å². The molecule has 2 aromatic rings. The number of hydrogen-bond acceptors (Lipinski definition) is 5. The highest BCUT2D eigenvalue weighted by atomic mass is 32.2. The summed E-state index contributed by atoms with van der Waals surface area (Å²) in [5.41, 5.74) is 6.55. The summed E-state index contributed by atoms with van der Waals surface area (Å²) in [6.45, 7) is 3.41. The number of nitrogens with zero attached hydrogens (tertiary/aromatic N) is 3. The fourth-order valence-electron chi connectivity index (χ4n) is 1.35. The van der Waals surface area contributed by atoms with Gasteiger partial charge in [0.15, 0.2) is 10.8 Å². The molecule has 0 aliphatic heterocycles. The van der Waals surface area contributed by atoms with E-state index in [-0.39, 0.29) is 16.5 Å². The van der Waals surface area contributed by atoms with Gasteiger partial charge in [0.05, 0.1) is 11.4 Å². The molecule has 8 nitrogen and oxygen atoms in total. The summed E-state index contributed by atoms with van der Waals surface area (Å²) in [6.07, 6.45) is 1.42. The van der Waals surface area contributed by atoms with E-state index in [2.05, 4.69) is 19.9 Å². The van der Waals surface area contributed by atoms with Crippen LogP contribution in [0.15, 0.2) is 11.2 Å². The highest BCUT2D eigenvalue weighted by molar-refractivity contribution is 7.92. The Hall–Kier alpha value is -2.03. The van der Waals surface area contributed by atoms with Crippen molar-refractivity contribution >= 4 is 21.5 Å². The number of sulfonamides is 1. The number of hydrogen-bond donors (Lipinski definition) is 3. The predicted molar refractivity (Wildman–Crippen MR) is 66.5 cm³/mol. The Labute approximate surface area is 104 Å². The van der Waals surface area contributed by atoms with E-state index in [1.54, 1.807) is 25.5 Å². The Kier molecular flexibility index (Phi) is 2.77. The van der Waals surface area contributed by atoms with Gasteiger partial charge in [-0.15, -0.1) is 0 Å². The second-order valence-electron chi connectivity index (χ2n) is 3.95. The standard InChI is InChI=1S/C9H14N6O2S/c1-5-8(10)9(13-12-5)14-18(16,17)7-4-15(3)6(2)11-7/h4H,10H2,1-3H3,(H2,12,13,14). The Morgan fingerprint density at radius 3 is 2.56 bits per heavy atom. The summed E-state index contributed by atoms with van der Waals surface area (Å²) in [5, 5.41) is 6.31. The summed E-state index contributed by atoms with van der Waals surface area (Å²) in [7, 11) is -2.05. The van der Waals surface area contributed by atoms with Crippen LogP contribution in [0, 0.1) is 13.8 Å². The van der Waals surface area contributed by atoms with E-state index in [9.17, 15) is 8.42 Å². The maximum Gasteiger partial charge on any atom is 0.282 e. The van der Waals surface area contributed by atoms with Crippen molar-refractivity contribution in [3.05, 3.63) is 17.7 Å². The van der Waals surface area contributed by atoms with Gasteiger partial charge in [-0.1, -0.05) is 0 Å². The lowest BCUT2D eigenvalue weighted by molar-refractivity contribution is 0.597. The smallest absolute Gasteiger partial charge is 0.282 e. The number of nitrogens with one attached hydrogen (secondary N) is 2. The first-order valence-corrected chi connectivity index (χ1v) is 6.63. The van der Waals surface area contributed by atoms with Crippen molar-refractivity contribution in [2.45, 2.75) is 18.9 Å². The van der Waals surface area contributed by atoms with Gasteiger partial charge in [0.2, 0.25) is 0 Å². The lowest BCUT2D eigenvalue weighted by Gasteiger charge is -2.02. The largest absolute Gasteiger partial charge is 0.394 e. The molecular formula is C9H14N6O2S. The molecule has 0 aliphatic carbocycles. The van der Waals surface area contributed by atoms with E-state index in [0.29, 0.717) is 11.5 Å². The second kappa shape index (κ2) is 4.02. The van der Waals surface area contributed by atoms with E-state index in [1.165, 1.54) is 6.20 Å². The van der Waals surface area contributed by atoms with Crippen LogP contribution in [0.3, 0.4) is 0 Å². The van der Waals surface area contributed by atoms with Gasteiger partial charge in [0, 0.05) is 13.2 Å². The molecule has 0 spiro atoms. The third kappa shape index (κ3) is 2.04. The van der Waals surface area contributed by atoms with Gasteiger partial charge in [-0.25, -0.2) is 4.98 Å². The zero-order chi connectivity index (χ0) is 13.5. The Balaban J connectivity index is 2.36. The number of H-pyrrole nitrogens is 1. The molecule has 0 aliphatic rings. The van der Waals surface area contributed by atoms with E-state index in [1.807, 2.05) is 0 Å². The highest BCUT2D eigenvalue weighted by Crippen LogP contribution is 2.21. The number of anilines is 2. The van der Waals surface area contributed by atoms with Crippen molar-refractivity contribution in [1.29, 1.82) is 0 Å². The molecule has 0 unspecified atom stereocenters. The summed E-state index contributed by atoms with van der Waals surface area (Å²) >= 11 is 0. The van der Waals surface area contributed by atoms with Crippen molar-refractivity contribution < 1.29 is 8.42 Å². The van der Waals surface area contributed by atoms with Crippen LogP contribution in [0.1, 0.15) is 11.5 Å². The zero-order valence-corrected chi connectivity index (χ0v) is 11.0. The minimum atomic E-state index is -3.77. The van der Waals surface area contributed by atoms with Gasteiger partial charge in [-0.3, -0.25) is 9.82 Å². The molecule has 0 atom stereocenters. The average Bonchev–Trinajstić information content (AvgIpc) is 2.77. The molecule has 0 fully saturated rings. The van der Waals surface area contributed by atoms with E-state index in [4.69, 9.17) is 5.73 Å². The number of aromatic amines is 1. The van der Waals surface area contributed by atoms with Gasteiger partial charge in [0.1, 0.15) is 5.82 Å². The number of rotatable bonds is 3. The molecule has 9 heteroatoms. The number of nitrogen functional groups attached to an aromatic ring is 1. The molecule has 2 heterocycles. The van der Waals surface area contributed by atoms with Gasteiger partial charge in [0.25, 0.3) is 10.0 Å². The van der Waals surface area contributed by atoms with Crippen molar-refractivity contribution in [3.63, 3.8) is 0 Å². The first-order valence-electron chi connectivity index (χ1n) is 5.14. The quantitative estimate of drug-likeness (QED) is 0.733. The molecule has 4 N–H and O–H groups in total. The number of nitrogens with two attached hydrogens (primary N) is 1. The summed E-state index contributed by atoms with van der Waals surface area (Å²) in [6, 6.07) is 0. The first kappa shape index (κ1) is 12.4. The van der Waals surface area contributed by atoms with E-state index in [0.717, 1.165) is 0 Å². The normalized spacial score (nSPS) is 11.7. The monoisotopic (exact) mass is 270 g/mol. The highest BCUT2D eigenvalue weighted by Gasteiger charge is 2.21.